The SMILES string of the molecule is O=P(c1ccccc1)(c1ccccc1)C(c1ccc(-c2ccccc2)cc1)c1ccccc1O. The summed E-state index contributed by atoms with van der Waals surface area (Å²) in [6.07, 6.45) is 0. The monoisotopic (exact) mass is 460 g/mol. The highest BCUT2D eigenvalue weighted by molar-refractivity contribution is 7.79. The highest BCUT2D eigenvalue weighted by Gasteiger charge is 2.40. The fourth-order valence-corrected chi connectivity index (χ4v) is 7.87. The van der Waals surface area contributed by atoms with E-state index in [1.54, 1.807) is 12.1 Å². The van der Waals surface area contributed by atoms with E-state index >= 15 is 4.57 Å². The van der Waals surface area contributed by atoms with E-state index in [-0.39, 0.29) is 5.75 Å². The van der Waals surface area contributed by atoms with Crippen LogP contribution >= 0.6 is 7.14 Å². The van der Waals surface area contributed by atoms with Gasteiger partial charge in [-0.15, -0.1) is 0 Å². The zero-order valence-corrected chi connectivity index (χ0v) is 19.6. The van der Waals surface area contributed by atoms with Crippen LogP contribution in [-0.4, -0.2) is 5.11 Å². The van der Waals surface area contributed by atoms with E-state index in [4.69, 9.17) is 0 Å². The Morgan fingerprint density at radius 1 is 0.500 bits per heavy atom. The number of rotatable bonds is 6. The molecule has 5 aromatic rings. The maximum atomic E-state index is 15.3. The Morgan fingerprint density at radius 3 is 1.47 bits per heavy atom. The standard InChI is InChI=1S/C31H25O2P/c32-30-19-11-10-18-29(30)31(26-22-20-25(21-23-26)24-12-4-1-5-13-24)34(33,27-14-6-2-7-15-27)28-16-8-3-9-17-28/h1-23,31-32H. The molecule has 166 valence electrons. The van der Waals surface area contributed by atoms with Gasteiger partial charge >= 0.3 is 0 Å². The van der Waals surface area contributed by atoms with Crippen molar-refractivity contribution in [2.24, 2.45) is 0 Å². The van der Waals surface area contributed by atoms with Gasteiger partial charge in [0.15, 0.2) is 7.14 Å². The second kappa shape index (κ2) is 9.55. The molecule has 5 rings (SSSR count). The van der Waals surface area contributed by atoms with E-state index in [2.05, 4.69) is 24.3 Å². The molecule has 0 spiro atoms. The maximum absolute atomic E-state index is 15.3. The molecule has 1 unspecified atom stereocenters. The first-order chi connectivity index (χ1) is 16.7. The van der Waals surface area contributed by atoms with Crippen molar-refractivity contribution in [2.45, 2.75) is 5.66 Å². The van der Waals surface area contributed by atoms with Gasteiger partial charge in [-0.2, -0.15) is 0 Å². The van der Waals surface area contributed by atoms with Gasteiger partial charge < -0.3 is 9.67 Å². The Labute approximate surface area is 200 Å². The van der Waals surface area contributed by atoms with Gasteiger partial charge in [0.2, 0.25) is 0 Å². The van der Waals surface area contributed by atoms with Crippen LogP contribution in [0.5, 0.6) is 5.75 Å². The average molecular weight is 461 g/mol. The van der Waals surface area contributed by atoms with E-state index in [0.29, 0.717) is 5.56 Å². The molecule has 3 heteroatoms. The Balaban J connectivity index is 1.75. The maximum Gasteiger partial charge on any atom is 0.154 e. The third-order valence-electron chi connectivity index (χ3n) is 6.21. The molecule has 1 N–H and O–H groups in total. The normalized spacial score (nSPS) is 12.2. The van der Waals surface area contributed by atoms with Gasteiger partial charge in [0.1, 0.15) is 5.75 Å². The summed E-state index contributed by atoms with van der Waals surface area (Å²) in [4.78, 5) is 0. The number of phenolic OH excluding ortho intramolecular Hbond substituents is 1. The first kappa shape index (κ1) is 21.9. The molecule has 0 aromatic heterocycles. The molecule has 0 heterocycles. The molecule has 0 bridgehead atoms. The number of benzene rings is 5. The lowest BCUT2D eigenvalue weighted by molar-refractivity contribution is 0.468. The third kappa shape index (κ3) is 4.09. The largest absolute Gasteiger partial charge is 0.508 e. The smallest absolute Gasteiger partial charge is 0.154 e. The molecule has 0 saturated heterocycles. The molecule has 0 aliphatic carbocycles. The summed E-state index contributed by atoms with van der Waals surface area (Å²) in [6, 6.07) is 44.9. The van der Waals surface area contributed by atoms with Crippen LogP contribution in [0.15, 0.2) is 140 Å². The van der Waals surface area contributed by atoms with Crippen LogP contribution in [-0.2, 0) is 4.57 Å². The van der Waals surface area contributed by atoms with Crippen molar-refractivity contribution < 1.29 is 9.67 Å². The molecule has 0 fully saturated rings. The fraction of sp³-hybridized carbons (Fsp3) is 0.0323. The molecular weight excluding hydrogens is 435 g/mol. The van der Waals surface area contributed by atoms with Gasteiger partial charge in [-0.3, -0.25) is 0 Å². The van der Waals surface area contributed by atoms with Crippen molar-refractivity contribution in [3.63, 3.8) is 0 Å². The lowest BCUT2D eigenvalue weighted by atomic mass is 9.99. The Morgan fingerprint density at radius 2 is 0.941 bits per heavy atom. The van der Waals surface area contributed by atoms with Crippen LogP contribution in [0.25, 0.3) is 11.1 Å². The second-order valence-electron chi connectivity index (χ2n) is 8.28. The van der Waals surface area contributed by atoms with Crippen molar-refractivity contribution in [1.82, 2.24) is 0 Å². The van der Waals surface area contributed by atoms with Gasteiger partial charge in [0, 0.05) is 16.2 Å². The summed E-state index contributed by atoms with van der Waals surface area (Å²) in [5.41, 5.74) is 3.24. The van der Waals surface area contributed by atoms with Gasteiger partial charge in [0.05, 0.1) is 5.66 Å². The molecule has 5 aromatic carbocycles. The fourth-order valence-electron chi connectivity index (χ4n) is 4.54. The van der Waals surface area contributed by atoms with Crippen LogP contribution in [0.1, 0.15) is 16.8 Å². The molecular formula is C31H25O2P. The number of phenols is 1. The minimum Gasteiger partial charge on any atom is -0.508 e. The first-order valence-corrected chi connectivity index (χ1v) is 13.1. The van der Waals surface area contributed by atoms with Crippen molar-refractivity contribution in [3.05, 3.63) is 151 Å². The van der Waals surface area contributed by atoms with E-state index in [0.717, 1.165) is 27.3 Å². The number of hydrogen-bond donors (Lipinski definition) is 1. The van der Waals surface area contributed by atoms with Crippen molar-refractivity contribution in [2.75, 3.05) is 0 Å². The number of hydrogen-bond acceptors (Lipinski definition) is 2. The summed E-state index contributed by atoms with van der Waals surface area (Å²) in [7, 11) is -3.25. The summed E-state index contributed by atoms with van der Waals surface area (Å²) in [6.45, 7) is 0. The van der Waals surface area contributed by atoms with Gasteiger partial charge in [-0.05, 0) is 22.8 Å². The highest BCUT2D eigenvalue weighted by Crippen LogP contribution is 2.61. The summed E-state index contributed by atoms with van der Waals surface area (Å²) in [5.74, 6) is 0.145. The molecule has 1 atom stereocenters. The number of para-hydroxylation sites is 1. The first-order valence-electron chi connectivity index (χ1n) is 11.3. The van der Waals surface area contributed by atoms with Crippen molar-refractivity contribution >= 4 is 17.8 Å². The van der Waals surface area contributed by atoms with Crippen molar-refractivity contribution in [3.8, 4) is 16.9 Å². The molecule has 0 aliphatic heterocycles. The van der Waals surface area contributed by atoms with Crippen LogP contribution in [0.4, 0.5) is 0 Å². The molecule has 0 aliphatic rings. The number of aromatic hydroxyl groups is 1. The summed E-state index contributed by atoms with van der Waals surface area (Å²) in [5, 5.41) is 12.4. The minimum atomic E-state index is -3.25. The van der Waals surface area contributed by atoms with Gasteiger partial charge in [-0.1, -0.05) is 133 Å². The van der Waals surface area contributed by atoms with Gasteiger partial charge in [0.25, 0.3) is 0 Å². The topological polar surface area (TPSA) is 37.3 Å². The average Bonchev–Trinajstić information content (AvgIpc) is 2.92. The summed E-state index contributed by atoms with van der Waals surface area (Å²) < 4.78 is 15.3. The van der Waals surface area contributed by atoms with E-state index in [1.807, 2.05) is 103 Å². The third-order valence-corrected chi connectivity index (χ3v) is 9.64. The van der Waals surface area contributed by atoms with Gasteiger partial charge in [-0.25, -0.2) is 0 Å². The lowest BCUT2D eigenvalue weighted by Crippen LogP contribution is -2.22. The van der Waals surface area contributed by atoms with Crippen LogP contribution in [0.2, 0.25) is 0 Å². The predicted octanol–water partition coefficient (Wildman–Crippen LogP) is 7.16. The zero-order chi connectivity index (χ0) is 23.4. The Hall–Kier alpha value is -3.87. The minimum absolute atomic E-state index is 0.145. The van der Waals surface area contributed by atoms with Crippen molar-refractivity contribution in [1.29, 1.82) is 0 Å². The van der Waals surface area contributed by atoms with E-state index in [9.17, 15) is 5.11 Å². The Bertz CT molecular complexity index is 1370. The predicted molar refractivity (Wildman–Crippen MR) is 142 cm³/mol. The second-order valence-corrected chi connectivity index (χ2v) is 11.1. The van der Waals surface area contributed by atoms with E-state index < -0.39 is 12.8 Å². The Kier molecular flexibility index (Phi) is 6.16. The summed E-state index contributed by atoms with van der Waals surface area (Å²) >= 11 is 0. The molecule has 2 nitrogen and oxygen atoms in total. The molecule has 0 radical (unpaired) electrons. The van der Waals surface area contributed by atoms with Crippen LogP contribution < -0.4 is 10.6 Å². The zero-order valence-electron chi connectivity index (χ0n) is 18.7. The highest BCUT2D eigenvalue weighted by atomic mass is 31.2. The van der Waals surface area contributed by atoms with Crippen LogP contribution in [0, 0.1) is 0 Å². The lowest BCUT2D eigenvalue weighted by Gasteiger charge is -2.30. The molecule has 0 saturated carbocycles. The quantitative estimate of drug-likeness (QED) is 0.273. The molecule has 34 heavy (non-hydrogen) atoms. The van der Waals surface area contributed by atoms with Crippen LogP contribution in [0.3, 0.4) is 0 Å². The van der Waals surface area contributed by atoms with E-state index in [1.165, 1.54) is 0 Å². The molecule has 0 amide bonds.